The van der Waals surface area contributed by atoms with E-state index in [1.54, 1.807) is 11.9 Å². The molecule has 0 radical (unpaired) electrons. The van der Waals surface area contributed by atoms with Gasteiger partial charge in [0.25, 0.3) is 17.4 Å². The predicted octanol–water partition coefficient (Wildman–Crippen LogP) is -1.38. The molecule has 0 spiro atoms. The molecule has 0 unspecified atom stereocenters. The SMILES string of the molecule is CN1CCn2nc(C(=O)Nc3cc(=O)n(C)c(=O)n3C)cc2C1=O. The number of anilines is 1. The van der Waals surface area contributed by atoms with Crippen LogP contribution in [0.3, 0.4) is 0 Å². The fraction of sp³-hybridized carbons (Fsp3) is 0.357. The maximum Gasteiger partial charge on any atom is 0.332 e. The number of aromatic nitrogens is 4. The van der Waals surface area contributed by atoms with E-state index in [0.717, 1.165) is 15.2 Å². The van der Waals surface area contributed by atoms with Gasteiger partial charge in [-0.3, -0.25) is 28.2 Å². The molecule has 0 fully saturated rings. The average Bonchev–Trinajstić information content (AvgIpc) is 2.99. The lowest BCUT2D eigenvalue weighted by Gasteiger charge is -2.22. The second-order valence-corrected chi connectivity index (χ2v) is 5.59. The molecule has 3 heterocycles. The maximum absolute atomic E-state index is 12.3. The summed E-state index contributed by atoms with van der Waals surface area (Å²) in [5.41, 5.74) is -0.721. The number of carbonyl (C=O) groups is 2. The number of likely N-dealkylation sites (N-methyl/N-ethyl adjacent to an activating group) is 1. The number of carbonyl (C=O) groups excluding carboxylic acids is 2. The molecule has 3 rings (SSSR count). The summed E-state index contributed by atoms with van der Waals surface area (Å²) in [6.07, 6.45) is 0. The van der Waals surface area contributed by atoms with Crippen LogP contribution in [0.5, 0.6) is 0 Å². The van der Waals surface area contributed by atoms with Crippen LogP contribution in [0.4, 0.5) is 5.82 Å². The van der Waals surface area contributed by atoms with Crippen LogP contribution < -0.4 is 16.6 Å². The quantitative estimate of drug-likeness (QED) is 0.728. The van der Waals surface area contributed by atoms with E-state index in [4.69, 9.17) is 0 Å². The molecule has 2 amide bonds. The molecule has 0 saturated heterocycles. The van der Waals surface area contributed by atoms with Gasteiger partial charge in [0.1, 0.15) is 11.5 Å². The molecule has 10 nitrogen and oxygen atoms in total. The summed E-state index contributed by atoms with van der Waals surface area (Å²) in [6, 6.07) is 2.54. The van der Waals surface area contributed by atoms with Crippen molar-refractivity contribution >= 4 is 17.6 Å². The van der Waals surface area contributed by atoms with Gasteiger partial charge < -0.3 is 10.2 Å². The average molecular weight is 332 g/mol. The summed E-state index contributed by atoms with van der Waals surface area (Å²) in [7, 11) is 4.46. The molecule has 2 aromatic rings. The second-order valence-electron chi connectivity index (χ2n) is 5.59. The third-order valence-electron chi connectivity index (χ3n) is 3.99. The minimum atomic E-state index is -0.601. The van der Waals surface area contributed by atoms with Gasteiger partial charge in [-0.15, -0.1) is 0 Å². The number of amides is 2. The summed E-state index contributed by atoms with van der Waals surface area (Å²) in [5.74, 6) is -0.757. The zero-order valence-electron chi connectivity index (χ0n) is 13.4. The van der Waals surface area contributed by atoms with Gasteiger partial charge >= 0.3 is 5.69 Å². The van der Waals surface area contributed by atoms with E-state index < -0.39 is 17.2 Å². The van der Waals surface area contributed by atoms with Crippen molar-refractivity contribution in [1.29, 1.82) is 0 Å². The second kappa shape index (κ2) is 5.48. The van der Waals surface area contributed by atoms with E-state index in [1.807, 2.05) is 0 Å². The number of fused-ring (bicyclic) bond motifs is 1. The Hall–Kier alpha value is -3.17. The van der Waals surface area contributed by atoms with Crippen molar-refractivity contribution in [2.75, 3.05) is 18.9 Å². The monoisotopic (exact) mass is 332 g/mol. The van der Waals surface area contributed by atoms with Gasteiger partial charge in [0.2, 0.25) is 0 Å². The fourth-order valence-electron chi connectivity index (χ4n) is 2.45. The minimum absolute atomic E-state index is 0.0433. The van der Waals surface area contributed by atoms with Crippen LogP contribution >= 0.6 is 0 Å². The maximum atomic E-state index is 12.3. The standard InChI is InChI=1S/C14H16N6O4/c1-17-4-5-20-9(13(17)23)6-8(16-20)12(22)15-10-7-11(21)19(3)14(24)18(10)2/h6-7H,4-5H2,1-3H3,(H,15,22). The first kappa shape index (κ1) is 15.7. The summed E-state index contributed by atoms with van der Waals surface area (Å²) in [4.78, 5) is 49.5. The lowest BCUT2D eigenvalue weighted by molar-refractivity contribution is 0.0742. The van der Waals surface area contributed by atoms with E-state index in [-0.39, 0.29) is 17.4 Å². The summed E-state index contributed by atoms with van der Waals surface area (Å²) < 4.78 is 3.55. The molecule has 0 bridgehead atoms. The molecule has 0 aliphatic carbocycles. The molecule has 0 atom stereocenters. The van der Waals surface area contributed by atoms with Crippen LogP contribution in [0.2, 0.25) is 0 Å². The van der Waals surface area contributed by atoms with E-state index in [0.29, 0.717) is 18.8 Å². The zero-order valence-corrected chi connectivity index (χ0v) is 13.4. The predicted molar refractivity (Wildman–Crippen MR) is 84.1 cm³/mol. The van der Waals surface area contributed by atoms with Crippen molar-refractivity contribution in [2.24, 2.45) is 14.1 Å². The van der Waals surface area contributed by atoms with Crippen LogP contribution in [-0.4, -0.2) is 49.2 Å². The highest BCUT2D eigenvalue weighted by molar-refractivity contribution is 6.04. The Balaban J connectivity index is 1.92. The summed E-state index contributed by atoms with van der Waals surface area (Å²) in [5, 5.41) is 6.59. The van der Waals surface area contributed by atoms with Gasteiger partial charge in [-0.25, -0.2) is 4.79 Å². The van der Waals surface area contributed by atoms with Crippen molar-refractivity contribution in [3.63, 3.8) is 0 Å². The molecule has 1 aliphatic heterocycles. The Morgan fingerprint density at radius 1 is 1.08 bits per heavy atom. The highest BCUT2D eigenvalue weighted by Crippen LogP contribution is 2.13. The van der Waals surface area contributed by atoms with Crippen molar-refractivity contribution in [1.82, 2.24) is 23.8 Å². The normalized spacial score (nSPS) is 13.8. The third-order valence-corrected chi connectivity index (χ3v) is 3.99. The van der Waals surface area contributed by atoms with Crippen molar-refractivity contribution in [2.45, 2.75) is 6.54 Å². The molecular weight excluding hydrogens is 316 g/mol. The Bertz CT molecular complexity index is 967. The number of rotatable bonds is 2. The number of hydrogen-bond acceptors (Lipinski definition) is 5. The molecule has 0 aromatic carbocycles. The number of nitrogens with zero attached hydrogens (tertiary/aromatic N) is 5. The highest BCUT2D eigenvalue weighted by atomic mass is 16.2. The molecule has 24 heavy (non-hydrogen) atoms. The van der Waals surface area contributed by atoms with Gasteiger partial charge in [0.05, 0.1) is 6.54 Å². The highest BCUT2D eigenvalue weighted by Gasteiger charge is 2.26. The molecule has 2 aromatic heterocycles. The van der Waals surface area contributed by atoms with Crippen LogP contribution in [0.15, 0.2) is 21.7 Å². The fourth-order valence-corrected chi connectivity index (χ4v) is 2.45. The summed E-state index contributed by atoms with van der Waals surface area (Å²) in [6.45, 7) is 1.01. The van der Waals surface area contributed by atoms with Gasteiger partial charge in [-0.1, -0.05) is 0 Å². The molecule has 1 N–H and O–H groups in total. The first-order chi connectivity index (χ1) is 11.3. The van der Waals surface area contributed by atoms with E-state index in [2.05, 4.69) is 10.4 Å². The van der Waals surface area contributed by atoms with Crippen molar-refractivity contribution in [3.05, 3.63) is 44.4 Å². The van der Waals surface area contributed by atoms with Crippen molar-refractivity contribution < 1.29 is 9.59 Å². The molecule has 0 saturated carbocycles. The van der Waals surface area contributed by atoms with Gasteiger partial charge in [-0.05, 0) is 0 Å². The topological polar surface area (TPSA) is 111 Å². The number of hydrogen-bond donors (Lipinski definition) is 1. The van der Waals surface area contributed by atoms with Crippen LogP contribution in [0, 0.1) is 0 Å². The largest absolute Gasteiger partial charge is 0.339 e. The van der Waals surface area contributed by atoms with Gasteiger partial charge in [-0.2, -0.15) is 5.10 Å². The lowest BCUT2D eigenvalue weighted by atomic mass is 10.2. The van der Waals surface area contributed by atoms with Crippen LogP contribution in [0.25, 0.3) is 0 Å². The van der Waals surface area contributed by atoms with Crippen molar-refractivity contribution in [3.8, 4) is 0 Å². The lowest BCUT2D eigenvalue weighted by Crippen LogP contribution is -2.38. The zero-order chi connectivity index (χ0) is 17.6. The van der Waals surface area contributed by atoms with Crippen LogP contribution in [-0.2, 0) is 20.6 Å². The minimum Gasteiger partial charge on any atom is -0.339 e. The smallest absolute Gasteiger partial charge is 0.332 e. The van der Waals surface area contributed by atoms with E-state index >= 15 is 0 Å². The first-order valence-electron chi connectivity index (χ1n) is 7.21. The van der Waals surface area contributed by atoms with Crippen LogP contribution in [0.1, 0.15) is 21.0 Å². The third kappa shape index (κ3) is 2.41. The Kier molecular flexibility index (Phi) is 3.59. The van der Waals surface area contributed by atoms with Gasteiger partial charge in [0.15, 0.2) is 5.69 Å². The van der Waals surface area contributed by atoms with E-state index in [1.165, 1.54) is 24.8 Å². The van der Waals surface area contributed by atoms with Gasteiger partial charge in [0, 0.05) is 39.8 Å². The molecular formula is C14H16N6O4. The Morgan fingerprint density at radius 2 is 1.79 bits per heavy atom. The molecule has 10 heteroatoms. The van der Waals surface area contributed by atoms with E-state index in [9.17, 15) is 19.2 Å². The Morgan fingerprint density at radius 3 is 2.50 bits per heavy atom. The summed E-state index contributed by atoms with van der Waals surface area (Å²) >= 11 is 0. The molecule has 1 aliphatic rings. The first-order valence-corrected chi connectivity index (χ1v) is 7.21. The molecule has 126 valence electrons. The number of nitrogens with one attached hydrogen (secondary N) is 1. The Labute approximate surface area is 135 Å².